The van der Waals surface area contributed by atoms with Crippen LogP contribution in [0, 0.1) is 6.92 Å². The summed E-state index contributed by atoms with van der Waals surface area (Å²) in [5.74, 6) is 1.22. The first-order valence-corrected chi connectivity index (χ1v) is 15.0. The molecule has 1 N–H and O–H groups in total. The van der Waals surface area contributed by atoms with Gasteiger partial charge in [0, 0.05) is 35.1 Å². The summed E-state index contributed by atoms with van der Waals surface area (Å²) in [7, 11) is 3.22. The predicted octanol–water partition coefficient (Wildman–Crippen LogP) is 5.92. The summed E-state index contributed by atoms with van der Waals surface area (Å²) in [4.78, 5) is 33.0. The number of rotatable bonds is 13. The van der Waals surface area contributed by atoms with E-state index in [1.165, 1.54) is 10.4 Å². The zero-order valence-electron chi connectivity index (χ0n) is 24.5. The lowest BCUT2D eigenvalue weighted by Gasteiger charge is -2.29. The van der Waals surface area contributed by atoms with E-state index in [9.17, 15) is 9.59 Å². The fourth-order valence-electron chi connectivity index (χ4n) is 4.89. The number of methoxy groups -OCH3 is 2. The van der Waals surface area contributed by atoms with E-state index in [0.717, 1.165) is 29.7 Å². The maximum Gasteiger partial charge on any atom is 0.322 e. The molecule has 1 saturated heterocycles. The summed E-state index contributed by atoms with van der Waals surface area (Å²) in [6.45, 7) is 6.15. The number of nitrogens with one attached hydrogen (secondary N) is 1. The molecule has 0 saturated carbocycles. The van der Waals surface area contributed by atoms with Crippen LogP contribution in [0.2, 0.25) is 0 Å². The Kier molecular flexibility index (Phi) is 11.0. The highest BCUT2D eigenvalue weighted by Gasteiger charge is 2.27. The molecule has 220 valence electrons. The van der Waals surface area contributed by atoms with Crippen LogP contribution in [0.3, 0.4) is 0 Å². The van der Waals surface area contributed by atoms with Crippen molar-refractivity contribution >= 4 is 29.0 Å². The first kappa shape index (κ1) is 30.4. The second-order valence-corrected chi connectivity index (χ2v) is 11.6. The Morgan fingerprint density at radius 1 is 1.00 bits per heavy atom. The average Bonchev–Trinajstić information content (AvgIpc) is 3.66. The molecule has 0 bridgehead atoms. The van der Waals surface area contributed by atoms with E-state index >= 15 is 0 Å². The van der Waals surface area contributed by atoms with Crippen LogP contribution in [0.15, 0.2) is 54.6 Å². The minimum atomic E-state index is -0.301. The lowest BCUT2D eigenvalue weighted by atomic mass is 10.1. The number of nitrogens with zero attached hydrogens (tertiary/aromatic N) is 2. The van der Waals surface area contributed by atoms with Gasteiger partial charge in [0.25, 0.3) is 0 Å². The van der Waals surface area contributed by atoms with Gasteiger partial charge in [0.2, 0.25) is 5.91 Å². The van der Waals surface area contributed by atoms with E-state index in [1.807, 2.05) is 47.4 Å². The minimum Gasteiger partial charge on any atom is -0.493 e. The monoisotopic (exact) mass is 579 g/mol. The van der Waals surface area contributed by atoms with Crippen LogP contribution in [-0.4, -0.2) is 68.3 Å². The maximum atomic E-state index is 13.8. The fourth-order valence-corrected chi connectivity index (χ4v) is 5.80. The van der Waals surface area contributed by atoms with Crippen LogP contribution in [0.4, 0.5) is 10.5 Å². The highest BCUT2D eigenvalue weighted by molar-refractivity contribution is 7.11. The number of aryl methyl sites for hydroxylation is 2. The Balaban J connectivity index is 1.50. The summed E-state index contributed by atoms with van der Waals surface area (Å²) in [5, 5.41) is 2.98. The van der Waals surface area contributed by atoms with E-state index < -0.39 is 0 Å². The van der Waals surface area contributed by atoms with Crippen LogP contribution in [0.25, 0.3) is 0 Å². The third-order valence-corrected chi connectivity index (χ3v) is 8.27. The molecule has 8 nitrogen and oxygen atoms in total. The van der Waals surface area contributed by atoms with Gasteiger partial charge in [-0.2, -0.15) is 0 Å². The number of urea groups is 1. The van der Waals surface area contributed by atoms with Crippen LogP contribution < -0.4 is 14.8 Å². The molecule has 0 aliphatic carbocycles. The first-order valence-electron chi connectivity index (χ1n) is 14.2. The third kappa shape index (κ3) is 8.71. The molecular weight excluding hydrogens is 538 g/mol. The molecule has 4 rings (SSSR count). The predicted molar refractivity (Wildman–Crippen MR) is 163 cm³/mol. The van der Waals surface area contributed by atoms with Gasteiger partial charge in [0.15, 0.2) is 11.5 Å². The molecule has 0 spiro atoms. The molecule has 2 heterocycles. The smallest absolute Gasteiger partial charge is 0.322 e. The van der Waals surface area contributed by atoms with Crippen molar-refractivity contribution in [1.82, 2.24) is 9.80 Å². The highest BCUT2D eigenvalue weighted by Crippen LogP contribution is 2.28. The summed E-state index contributed by atoms with van der Waals surface area (Å²) in [6, 6.07) is 17.4. The van der Waals surface area contributed by atoms with Gasteiger partial charge in [-0.3, -0.25) is 4.79 Å². The normalized spacial score (nSPS) is 14.5. The average molecular weight is 580 g/mol. The van der Waals surface area contributed by atoms with Crippen molar-refractivity contribution in [3.63, 3.8) is 0 Å². The Morgan fingerprint density at radius 3 is 2.39 bits per heavy atom. The van der Waals surface area contributed by atoms with E-state index in [2.05, 4.69) is 31.3 Å². The molecule has 41 heavy (non-hydrogen) atoms. The first-order chi connectivity index (χ1) is 19.9. The standard InChI is InChI=1S/C32H41N3O5S/c1-5-24-9-12-26(13-10-24)33-32(37)35(20-27-7-6-18-40-27)22-31(36)34(21-28-14-8-23(2)41-28)17-16-25-11-15-29(38-3)30(19-25)39-4/h8-15,19,27H,5-7,16-18,20-22H2,1-4H3,(H,33,37). The SMILES string of the molecule is CCc1ccc(NC(=O)N(CC(=O)N(CCc2ccc(OC)c(OC)c2)Cc2ccc(C)s2)CC2CCCO2)cc1. The Bertz CT molecular complexity index is 1290. The summed E-state index contributed by atoms with van der Waals surface area (Å²) < 4.78 is 16.7. The summed E-state index contributed by atoms with van der Waals surface area (Å²) >= 11 is 1.68. The maximum absolute atomic E-state index is 13.8. The van der Waals surface area contributed by atoms with Crippen molar-refractivity contribution in [2.45, 2.75) is 52.2 Å². The molecular formula is C32H41N3O5S. The van der Waals surface area contributed by atoms with Crippen molar-refractivity contribution in [3.05, 3.63) is 75.5 Å². The van der Waals surface area contributed by atoms with E-state index in [1.54, 1.807) is 30.5 Å². The molecule has 0 radical (unpaired) electrons. The molecule has 9 heteroatoms. The van der Waals surface area contributed by atoms with Gasteiger partial charge in [-0.05, 0) is 80.1 Å². The van der Waals surface area contributed by atoms with Crippen LogP contribution in [0.5, 0.6) is 11.5 Å². The quantitative estimate of drug-likeness (QED) is 0.272. The van der Waals surface area contributed by atoms with Crippen LogP contribution >= 0.6 is 11.3 Å². The van der Waals surface area contributed by atoms with Crippen molar-refractivity contribution in [2.24, 2.45) is 0 Å². The molecule has 1 unspecified atom stereocenters. The number of thiophene rings is 1. The van der Waals surface area contributed by atoms with Gasteiger partial charge in [0.05, 0.1) is 26.9 Å². The van der Waals surface area contributed by atoms with Gasteiger partial charge in [-0.25, -0.2) is 4.79 Å². The second-order valence-electron chi connectivity index (χ2n) is 10.3. The lowest BCUT2D eigenvalue weighted by molar-refractivity contribution is -0.132. The number of anilines is 1. The largest absolute Gasteiger partial charge is 0.493 e. The number of carbonyl (C=O) groups excluding carboxylic acids is 2. The van der Waals surface area contributed by atoms with Crippen LogP contribution in [-0.2, 0) is 28.9 Å². The molecule has 2 aromatic carbocycles. The van der Waals surface area contributed by atoms with Gasteiger partial charge >= 0.3 is 6.03 Å². The van der Waals surface area contributed by atoms with E-state index in [0.29, 0.717) is 49.8 Å². The Morgan fingerprint density at radius 2 is 1.76 bits per heavy atom. The number of hydrogen-bond donors (Lipinski definition) is 1. The Hall–Kier alpha value is -3.56. The zero-order valence-corrected chi connectivity index (χ0v) is 25.3. The van der Waals surface area contributed by atoms with Crippen molar-refractivity contribution in [1.29, 1.82) is 0 Å². The van der Waals surface area contributed by atoms with Gasteiger partial charge < -0.3 is 29.3 Å². The van der Waals surface area contributed by atoms with Crippen molar-refractivity contribution in [2.75, 3.05) is 45.8 Å². The minimum absolute atomic E-state index is 0.0327. The van der Waals surface area contributed by atoms with Gasteiger partial charge in [-0.1, -0.05) is 25.1 Å². The number of hydrogen-bond acceptors (Lipinski definition) is 6. The highest BCUT2D eigenvalue weighted by atomic mass is 32.1. The second kappa shape index (κ2) is 14.9. The molecule has 1 fully saturated rings. The summed E-state index contributed by atoms with van der Waals surface area (Å²) in [5.41, 5.74) is 2.94. The molecule has 1 aromatic heterocycles. The lowest BCUT2D eigenvalue weighted by Crippen LogP contribution is -2.47. The number of ether oxygens (including phenoxy) is 3. The molecule has 1 atom stereocenters. The van der Waals surface area contributed by atoms with E-state index in [4.69, 9.17) is 14.2 Å². The topological polar surface area (TPSA) is 80.3 Å². The van der Waals surface area contributed by atoms with Gasteiger partial charge in [-0.15, -0.1) is 11.3 Å². The molecule has 1 aliphatic rings. The molecule has 3 aromatic rings. The zero-order chi connectivity index (χ0) is 29.2. The third-order valence-electron chi connectivity index (χ3n) is 7.29. The number of benzene rings is 2. The molecule has 3 amide bonds. The Labute approximate surface area is 247 Å². The van der Waals surface area contributed by atoms with E-state index in [-0.39, 0.29) is 24.6 Å². The van der Waals surface area contributed by atoms with Crippen LogP contribution in [0.1, 0.15) is 40.6 Å². The molecule has 1 aliphatic heterocycles. The van der Waals surface area contributed by atoms with Crippen molar-refractivity contribution < 1.29 is 23.8 Å². The van der Waals surface area contributed by atoms with Gasteiger partial charge in [0.1, 0.15) is 6.54 Å². The fraction of sp³-hybridized carbons (Fsp3) is 0.438. The number of carbonyl (C=O) groups is 2. The number of amides is 3. The van der Waals surface area contributed by atoms with Crippen molar-refractivity contribution in [3.8, 4) is 11.5 Å². The summed E-state index contributed by atoms with van der Waals surface area (Å²) in [6.07, 6.45) is 3.33.